The van der Waals surface area contributed by atoms with Crippen molar-refractivity contribution in [3.63, 3.8) is 0 Å². The van der Waals surface area contributed by atoms with Gasteiger partial charge in [-0.25, -0.2) is 0 Å². The first-order valence-corrected chi connectivity index (χ1v) is 8.58. The van der Waals surface area contributed by atoms with E-state index in [2.05, 4.69) is 39.5 Å². The van der Waals surface area contributed by atoms with Gasteiger partial charge in [0.15, 0.2) is 5.78 Å². The molecule has 1 nitrogen and oxygen atoms in total. The molecule has 0 N–H and O–H groups in total. The molecule has 0 unspecified atom stereocenters. The molecule has 0 aliphatic heterocycles. The van der Waals surface area contributed by atoms with E-state index < -0.39 is 0 Å². The van der Waals surface area contributed by atoms with E-state index in [0.29, 0.717) is 11.8 Å². The summed E-state index contributed by atoms with van der Waals surface area (Å²) >= 11 is 0. The number of hydrogen-bond acceptors (Lipinski definition) is 1. The van der Waals surface area contributed by atoms with Crippen LogP contribution in [-0.2, 0) is 0 Å². The quantitative estimate of drug-likeness (QED) is 0.513. The maximum absolute atomic E-state index is 12.8. The molecule has 2 aliphatic rings. The average Bonchev–Trinajstić information content (AvgIpc) is 2.55. The Balaban J connectivity index is 1.94. The first-order valence-electron chi connectivity index (χ1n) is 8.58. The Morgan fingerprint density at radius 2 is 1.96 bits per heavy atom. The topological polar surface area (TPSA) is 17.1 Å². The Kier molecular flexibility index (Phi) is 4.14. The number of Topliss-reactive ketones (excluding diaryl/α,β-unsaturated/α-hetero) is 1. The van der Waals surface area contributed by atoms with Crippen LogP contribution in [0.25, 0.3) is 0 Å². The van der Waals surface area contributed by atoms with Gasteiger partial charge in [-0.3, -0.25) is 4.79 Å². The largest absolute Gasteiger partial charge is 0.289 e. The second-order valence-corrected chi connectivity index (χ2v) is 7.53. The predicted octanol–water partition coefficient (Wildman–Crippen LogP) is 5.75. The second-order valence-electron chi connectivity index (χ2n) is 7.53. The minimum atomic E-state index is 0.169. The minimum absolute atomic E-state index is 0.169. The van der Waals surface area contributed by atoms with Crippen molar-refractivity contribution >= 4 is 5.78 Å². The van der Waals surface area contributed by atoms with E-state index in [1.807, 2.05) is 30.3 Å². The van der Waals surface area contributed by atoms with Crippen LogP contribution >= 0.6 is 0 Å². The molecular weight excluding hydrogens is 280 g/mol. The smallest absolute Gasteiger partial charge is 0.189 e. The van der Waals surface area contributed by atoms with E-state index in [9.17, 15) is 4.79 Å². The molecule has 1 heteroatoms. The van der Waals surface area contributed by atoms with Crippen molar-refractivity contribution < 1.29 is 4.79 Å². The summed E-state index contributed by atoms with van der Waals surface area (Å²) in [5.41, 5.74) is 4.56. The lowest BCUT2D eigenvalue weighted by molar-refractivity contribution is 0.101. The third kappa shape index (κ3) is 2.85. The van der Waals surface area contributed by atoms with Gasteiger partial charge in [0.05, 0.1) is 0 Å². The van der Waals surface area contributed by atoms with Crippen molar-refractivity contribution in [2.45, 2.75) is 40.0 Å². The predicted molar refractivity (Wildman–Crippen MR) is 96.4 cm³/mol. The maximum atomic E-state index is 12.8. The molecule has 0 fully saturated rings. The second kappa shape index (κ2) is 5.96. The number of hydrogen-bond donors (Lipinski definition) is 0. The monoisotopic (exact) mass is 306 g/mol. The Labute approximate surface area is 139 Å². The Morgan fingerprint density at radius 1 is 1.26 bits per heavy atom. The molecular formula is C22H26O. The number of carbonyl (C=O) groups is 1. The van der Waals surface area contributed by atoms with Crippen LogP contribution in [0.5, 0.6) is 0 Å². The van der Waals surface area contributed by atoms with Crippen LogP contribution in [0.3, 0.4) is 0 Å². The van der Waals surface area contributed by atoms with Gasteiger partial charge in [0.25, 0.3) is 0 Å². The van der Waals surface area contributed by atoms with Crippen molar-refractivity contribution in [3.05, 3.63) is 71.3 Å². The summed E-state index contributed by atoms with van der Waals surface area (Å²) in [6.45, 7) is 10.9. The number of benzene rings is 1. The van der Waals surface area contributed by atoms with Crippen LogP contribution in [0.2, 0.25) is 0 Å². The van der Waals surface area contributed by atoms with Gasteiger partial charge in [0.2, 0.25) is 0 Å². The fourth-order valence-electron chi connectivity index (χ4n) is 4.04. The van der Waals surface area contributed by atoms with Gasteiger partial charge in [-0.1, -0.05) is 68.5 Å². The SMILES string of the molecule is C=C(C)[C@@H]1CC=C2C=C(C(=O)c3ccccc3)C[C@@H](C)[C@]2(C)C1. The molecule has 1 aromatic rings. The number of rotatable bonds is 3. The fraction of sp³-hybridized carbons (Fsp3) is 0.409. The summed E-state index contributed by atoms with van der Waals surface area (Å²) in [5.74, 6) is 1.23. The highest BCUT2D eigenvalue weighted by molar-refractivity contribution is 6.09. The summed E-state index contributed by atoms with van der Waals surface area (Å²) in [7, 11) is 0. The highest BCUT2D eigenvalue weighted by Crippen LogP contribution is 2.52. The van der Waals surface area contributed by atoms with Crippen molar-refractivity contribution in [2.24, 2.45) is 17.3 Å². The van der Waals surface area contributed by atoms with Crippen molar-refractivity contribution in [1.29, 1.82) is 0 Å². The lowest BCUT2D eigenvalue weighted by atomic mass is 9.58. The van der Waals surface area contributed by atoms with E-state index in [1.165, 1.54) is 11.1 Å². The van der Waals surface area contributed by atoms with Crippen LogP contribution in [-0.4, -0.2) is 5.78 Å². The molecule has 0 heterocycles. The maximum Gasteiger partial charge on any atom is 0.189 e. The Morgan fingerprint density at radius 3 is 2.61 bits per heavy atom. The molecule has 2 aliphatic carbocycles. The Bertz CT molecular complexity index is 692. The zero-order valence-corrected chi connectivity index (χ0v) is 14.4. The zero-order valence-electron chi connectivity index (χ0n) is 14.4. The number of ketones is 1. The first kappa shape index (κ1) is 16.0. The highest BCUT2D eigenvalue weighted by atomic mass is 16.1. The van der Waals surface area contributed by atoms with Crippen LogP contribution in [0.15, 0.2) is 65.8 Å². The van der Waals surface area contributed by atoms with E-state index >= 15 is 0 Å². The lowest BCUT2D eigenvalue weighted by Crippen LogP contribution is -2.36. The standard InChI is InChI=1S/C22H26O/c1-15(2)18-10-11-20-13-19(12-16(3)22(20,4)14-18)21(23)17-8-6-5-7-9-17/h5-9,11,13,16,18H,1,10,12,14H2,2-4H3/t16-,18-,22+/m1/s1. The molecule has 23 heavy (non-hydrogen) atoms. The van der Waals surface area contributed by atoms with Gasteiger partial charge in [-0.05, 0) is 49.0 Å². The molecule has 3 atom stereocenters. The van der Waals surface area contributed by atoms with E-state index in [0.717, 1.165) is 30.4 Å². The third-order valence-corrected chi connectivity index (χ3v) is 5.92. The van der Waals surface area contributed by atoms with E-state index in [1.54, 1.807) is 0 Å². The first-order chi connectivity index (χ1) is 10.9. The molecule has 1 aromatic carbocycles. The van der Waals surface area contributed by atoms with Gasteiger partial charge in [-0.15, -0.1) is 0 Å². The minimum Gasteiger partial charge on any atom is -0.289 e. The number of fused-ring (bicyclic) bond motifs is 1. The van der Waals surface area contributed by atoms with Gasteiger partial charge < -0.3 is 0 Å². The van der Waals surface area contributed by atoms with Crippen molar-refractivity contribution in [3.8, 4) is 0 Å². The summed E-state index contributed by atoms with van der Waals surface area (Å²) < 4.78 is 0. The van der Waals surface area contributed by atoms with Gasteiger partial charge >= 0.3 is 0 Å². The average molecular weight is 306 g/mol. The fourth-order valence-corrected chi connectivity index (χ4v) is 4.04. The van der Waals surface area contributed by atoms with Gasteiger partial charge in [0.1, 0.15) is 0 Å². The Hall–Kier alpha value is -1.89. The van der Waals surface area contributed by atoms with E-state index in [-0.39, 0.29) is 11.2 Å². The third-order valence-electron chi connectivity index (χ3n) is 5.92. The highest BCUT2D eigenvalue weighted by Gasteiger charge is 2.42. The van der Waals surface area contributed by atoms with E-state index in [4.69, 9.17) is 0 Å². The van der Waals surface area contributed by atoms with Crippen molar-refractivity contribution in [1.82, 2.24) is 0 Å². The number of carbonyl (C=O) groups excluding carboxylic acids is 1. The zero-order chi connectivity index (χ0) is 16.6. The summed E-state index contributed by atoms with van der Waals surface area (Å²) in [6, 6.07) is 9.64. The summed E-state index contributed by atoms with van der Waals surface area (Å²) in [5, 5.41) is 0. The molecule has 3 rings (SSSR count). The molecule has 0 aromatic heterocycles. The van der Waals surface area contributed by atoms with Gasteiger partial charge in [0, 0.05) is 11.1 Å². The molecule has 0 saturated heterocycles. The normalized spacial score (nSPS) is 30.0. The molecule has 0 saturated carbocycles. The summed E-state index contributed by atoms with van der Waals surface area (Å²) in [4.78, 5) is 12.8. The lowest BCUT2D eigenvalue weighted by Gasteiger charge is -2.46. The molecule has 0 radical (unpaired) electrons. The van der Waals surface area contributed by atoms with Crippen LogP contribution in [0, 0.1) is 17.3 Å². The van der Waals surface area contributed by atoms with Crippen molar-refractivity contribution in [2.75, 3.05) is 0 Å². The number of allylic oxidation sites excluding steroid dienone is 5. The summed E-state index contributed by atoms with van der Waals surface area (Å²) in [6.07, 6.45) is 7.58. The molecule has 0 bridgehead atoms. The molecule has 120 valence electrons. The van der Waals surface area contributed by atoms with Gasteiger partial charge in [-0.2, -0.15) is 0 Å². The molecule has 0 spiro atoms. The van der Waals surface area contributed by atoms with Crippen LogP contribution in [0.1, 0.15) is 50.4 Å². The van der Waals surface area contributed by atoms with Crippen LogP contribution < -0.4 is 0 Å². The molecule has 0 amide bonds. The van der Waals surface area contributed by atoms with Crippen LogP contribution in [0.4, 0.5) is 0 Å².